The fourth-order valence-electron chi connectivity index (χ4n) is 7.96. The van der Waals surface area contributed by atoms with Gasteiger partial charge in [-0.1, -0.05) is 104 Å². The normalized spacial score (nSPS) is 30.2. The number of hydrogen-bond donors (Lipinski definition) is 0. The van der Waals surface area contributed by atoms with Gasteiger partial charge >= 0.3 is 0 Å². The predicted octanol–water partition coefficient (Wildman–Crippen LogP) is 11.0. The molecule has 0 atom stereocenters. The summed E-state index contributed by atoms with van der Waals surface area (Å²) in [6, 6.07) is 0. The highest BCUT2D eigenvalue weighted by Crippen LogP contribution is 2.66. The molecule has 0 bridgehead atoms. The van der Waals surface area contributed by atoms with Gasteiger partial charge in [-0.25, -0.2) is 0 Å². The van der Waals surface area contributed by atoms with E-state index >= 15 is 0 Å². The van der Waals surface area contributed by atoms with Crippen molar-refractivity contribution in [1.29, 1.82) is 0 Å². The fourth-order valence-corrected chi connectivity index (χ4v) is 7.96. The van der Waals surface area contributed by atoms with E-state index < -0.39 is 0 Å². The second-order valence-corrected chi connectivity index (χ2v) is 13.4. The highest BCUT2D eigenvalue weighted by molar-refractivity contribution is 5.06. The summed E-state index contributed by atoms with van der Waals surface area (Å²) in [5.41, 5.74) is 1.40. The maximum atomic E-state index is 6.31. The van der Waals surface area contributed by atoms with Crippen molar-refractivity contribution in [2.45, 2.75) is 193 Å². The lowest BCUT2D eigenvalue weighted by Gasteiger charge is -2.61. The minimum atomic E-state index is 0.567. The van der Waals surface area contributed by atoms with Crippen LogP contribution in [0.4, 0.5) is 0 Å². The van der Waals surface area contributed by atoms with Crippen LogP contribution in [-0.4, -0.2) is 25.4 Å². The van der Waals surface area contributed by atoms with Gasteiger partial charge in [-0.2, -0.15) is 0 Å². The first kappa shape index (κ1) is 30.5. The maximum absolute atomic E-state index is 6.31. The Bertz CT molecular complexity index is 471. The molecule has 0 N–H and O–H groups in total. The molecule has 3 fully saturated rings. The minimum Gasteiger partial charge on any atom is -0.378 e. The number of rotatable bonds is 20. The molecule has 0 aliphatic heterocycles. The molecule has 2 spiro atoms. The SMILES string of the molecule is CCCCCCCCCCOC1CCC2(CC1)CC1(CCC(OCCCCCCCCCC)CC1)C2. The smallest absolute Gasteiger partial charge is 0.0575 e. The molecular weight excluding hydrogens is 440 g/mol. The van der Waals surface area contributed by atoms with Crippen LogP contribution >= 0.6 is 0 Å². The third kappa shape index (κ3) is 11.0. The molecule has 0 aromatic heterocycles. The Morgan fingerprint density at radius 1 is 0.444 bits per heavy atom. The van der Waals surface area contributed by atoms with Gasteiger partial charge in [-0.05, 0) is 87.9 Å². The first-order valence-electron chi connectivity index (χ1n) is 16.9. The second kappa shape index (κ2) is 17.5. The Kier molecular flexibility index (Phi) is 14.8. The molecule has 0 saturated heterocycles. The van der Waals surface area contributed by atoms with Gasteiger partial charge in [0.1, 0.15) is 0 Å². The molecule has 3 saturated carbocycles. The van der Waals surface area contributed by atoms with E-state index in [9.17, 15) is 0 Å². The summed E-state index contributed by atoms with van der Waals surface area (Å²) in [7, 11) is 0. The van der Waals surface area contributed by atoms with E-state index in [2.05, 4.69) is 13.8 Å². The lowest BCUT2D eigenvalue weighted by Crippen LogP contribution is -2.51. The van der Waals surface area contributed by atoms with E-state index in [0.717, 1.165) is 13.2 Å². The van der Waals surface area contributed by atoms with Crippen LogP contribution in [0.5, 0.6) is 0 Å². The number of hydrogen-bond acceptors (Lipinski definition) is 2. The van der Waals surface area contributed by atoms with Crippen LogP contribution in [0.2, 0.25) is 0 Å². The molecule has 3 aliphatic rings. The van der Waals surface area contributed by atoms with Crippen LogP contribution in [0, 0.1) is 10.8 Å². The molecule has 3 aliphatic carbocycles. The largest absolute Gasteiger partial charge is 0.378 e. The van der Waals surface area contributed by atoms with Crippen molar-refractivity contribution < 1.29 is 9.47 Å². The molecule has 0 unspecified atom stereocenters. The summed E-state index contributed by atoms with van der Waals surface area (Å²) in [6.45, 7) is 6.62. The molecule has 2 nitrogen and oxygen atoms in total. The van der Waals surface area contributed by atoms with Crippen molar-refractivity contribution >= 4 is 0 Å². The summed E-state index contributed by atoms with van der Waals surface area (Å²) in [6.07, 6.45) is 37.5. The molecule has 2 heteroatoms. The summed E-state index contributed by atoms with van der Waals surface area (Å²) in [5.74, 6) is 0. The van der Waals surface area contributed by atoms with Crippen molar-refractivity contribution in [1.82, 2.24) is 0 Å². The summed E-state index contributed by atoms with van der Waals surface area (Å²) < 4.78 is 12.6. The Hall–Kier alpha value is -0.0800. The van der Waals surface area contributed by atoms with E-state index in [-0.39, 0.29) is 0 Å². The van der Waals surface area contributed by atoms with Crippen LogP contribution in [0.3, 0.4) is 0 Å². The molecule has 212 valence electrons. The second-order valence-electron chi connectivity index (χ2n) is 13.4. The van der Waals surface area contributed by atoms with Crippen LogP contribution in [0.1, 0.15) is 181 Å². The predicted molar refractivity (Wildman–Crippen MR) is 156 cm³/mol. The zero-order valence-corrected chi connectivity index (χ0v) is 24.8. The van der Waals surface area contributed by atoms with Gasteiger partial charge in [0.15, 0.2) is 0 Å². The van der Waals surface area contributed by atoms with Gasteiger partial charge in [-0.3, -0.25) is 0 Å². The average Bonchev–Trinajstić information content (AvgIpc) is 2.88. The molecule has 0 aromatic carbocycles. The van der Waals surface area contributed by atoms with Crippen LogP contribution in [-0.2, 0) is 9.47 Å². The lowest BCUT2D eigenvalue weighted by atomic mass is 9.45. The van der Waals surface area contributed by atoms with Gasteiger partial charge in [0.05, 0.1) is 12.2 Å². The Labute approximate surface area is 226 Å². The molecule has 0 aromatic rings. The van der Waals surface area contributed by atoms with Crippen molar-refractivity contribution in [3.63, 3.8) is 0 Å². The van der Waals surface area contributed by atoms with E-state index in [4.69, 9.17) is 9.47 Å². The van der Waals surface area contributed by atoms with Gasteiger partial charge < -0.3 is 9.47 Å². The Morgan fingerprint density at radius 2 is 0.750 bits per heavy atom. The van der Waals surface area contributed by atoms with Gasteiger partial charge in [0.2, 0.25) is 0 Å². The fraction of sp³-hybridized carbons (Fsp3) is 1.00. The monoisotopic (exact) mass is 504 g/mol. The maximum Gasteiger partial charge on any atom is 0.0575 e. The van der Waals surface area contributed by atoms with E-state index in [1.165, 1.54) is 167 Å². The molecule has 0 amide bonds. The topological polar surface area (TPSA) is 18.5 Å². The standard InChI is InChI=1S/C34H64O2/c1-3-5-7-9-11-13-15-17-27-35-31-19-23-33(24-20-31)29-34(30-33)25-21-32(22-26-34)36-28-18-16-14-12-10-8-6-4-2/h31-32H,3-30H2,1-2H3. The number of unbranched alkanes of at least 4 members (excludes halogenated alkanes) is 14. The molecular formula is C34H64O2. The first-order chi connectivity index (χ1) is 17.7. The van der Waals surface area contributed by atoms with E-state index in [1.807, 2.05) is 0 Å². The van der Waals surface area contributed by atoms with Crippen molar-refractivity contribution in [3.05, 3.63) is 0 Å². The molecule has 0 heterocycles. The third-order valence-corrected chi connectivity index (χ3v) is 10.2. The zero-order chi connectivity index (χ0) is 25.4. The van der Waals surface area contributed by atoms with Crippen LogP contribution in [0.25, 0.3) is 0 Å². The third-order valence-electron chi connectivity index (χ3n) is 10.2. The highest BCUT2D eigenvalue weighted by Gasteiger charge is 2.55. The highest BCUT2D eigenvalue weighted by atomic mass is 16.5. The van der Waals surface area contributed by atoms with Crippen molar-refractivity contribution in [2.24, 2.45) is 10.8 Å². The Balaban J connectivity index is 1.14. The number of ether oxygens (including phenoxy) is 2. The van der Waals surface area contributed by atoms with E-state index in [1.54, 1.807) is 0 Å². The van der Waals surface area contributed by atoms with Gasteiger partial charge in [0.25, 0.3) is 0 Å². The van der Waals surface area contributed by atoms with Crippen LogP contribution in [0.15, 0.2) is 0 Å². The van der Waals surface area contributed by atoms with E-state index in [0.29, 0.717) is 23.0 Å². The Morgan fingerprint density at radius 3 is 1.08 bits per heavy atom. The summed E-state index contributed by atoms with van der Waals surface area (Å²) in [5, 5.41) is 0. The minimum absolute atomic E-state index is 0.567. The van der Waals surface area contributed by atoms with Crippen LogP contribution < -0.4 is 0 Å². The lowest BCUT2D eigenvalue weighted by molar-refractivity contribution is -0.129. The quantitative estimate of drug-likeness (QED) is 0.153. The van der Waals surface area contributed by atoms with Crippen molar-refractivity contribution in [3.8, 4) is 0 Å². The summed E-state index contributed by atoms with van der Waals surface area (Å²) >= 11 is 0. The van der Waals surface area contributed by atoms with Gasteiger partial charge in [-0.15, -0.1) is 0 Å². The molecule has 0 radical (unpaired) electrons. The molecule has 36 heavy (non-hydrogen) atoms. The first-order valence-corrected chi connectivity index (χ1v) is 16.9. The average molecular weight is 505 g/mol. The molecule has 3 rings (SSSR count). The van der Waals surface area contributed by atoms with Gasteiger partial charge in [0, 0.05) is 13.2 Å². The summed E-state index contributed by atoms with van der Waals surface area (Å²) in [4.78, 5) is 0. The zero-order valence-electron chi connectivity index (χ0n) is 24.8. The van der Waals surface area contributed by atoms with Crippen molar-refractivity contribution in [2.75, 3.05) is 13.2 Å².